The van der Waals surface area contributed by atoms with Gasteiger partial charge in [-0.05, 0) is 32.8 Å². The summed E-state index contributed by atoms with van der Waals surface area (Å²) < 4.78 is 4.91. The second kappa shape index (κ2) is 10.0. The van der Waals surface area contributed by atoms with Crippen molar-refractivity contribution in [2.75, 3.05) is 13.7 Å². The number of carbonyl (C=O) groups is 3. The number of methoxy groups -OCH3 is 1. The molecule has 0 bridgehead atoms. The third-order valence-corrected chi connectivity index (χ3v) is 3.60. The van der Waals surface area contributed by atoms with E-state index in [2.05, 4.69) is 10.6 Å². The van der Waals surface area contributed by atoms with Crippen LogP contribution >= 0.6 is 0 Å². The summed E-state index contributed by atoms with van der Waals surface area (Å²) in [5.74, 6) is -1.92. The number of ketones is 1. The standard InChI is InChI=1S/C19H29N3O4/c1-19(2,3)22-18(25)16(23)15(12-13-8-6-5-7-9-13)21-17(24)14(20)10-11-26-4/h5-9,14-15H,10-12,20H2,1-4H3,(H,21,24)(H,22,25). The van der Waals surface area contributed by atoms with Gasteiger partial charge >= 0.3 is 0 Å². The quantitative estimate of drug-likeness (QED) is 0.555. The third-order valence-electron chi connectivity index (χ3n) is 3.60. The average Bonchev–Trinajstić information content (AvgIpc) is 2.57. The van der Waals surface area contributed by atoms with Crippen molar-refractivity contribution < 1.29 is 19.1 Å². The zero-order valence-electron chi connectivity index (χ0n) is 15.9. The lowest BCUT2D eigenvalue weighted by Crippen LogP contribution is -2.55. The molecule has 0 spiro atoms. The molecule has 4 N–H and O–H groups in total. The number of amides is 2. The minimum absolute atomic E-state index is 0.208. The molecule has 1 rings (SSSR count). The number of carbonyl (C=O) groups excluding carboxylic acids is 3. The van der Waals surface area contributed by atoms with Crippen molar-refractivity contribution in [3.63, 3.8) is 0 Å². The van der Waals surface area contributed by atoms with E-state index >= 15 is 0 Å². The van der Waals surface area contributed by atoms with Gasteiger partial charge in [-0.3, -0.25) is 14.4 Å². The van der Waals surface area contributed by atoms with Gasteiger partial charge in [-0.25, -0.2) is 0 Å². The van der Waals surface area contributed by atoms with Crippen molar-refractivity contribution >= 4 is 17.6 Å². The number of rotatable bonds is 9. The van der Waals surface area contributed by atoms with Crippen LogP contribution in [0.3, 0.4) is 0 Å². The Morgan fingerprint density at radius 3 is 2.31 bits per heavy atom. The highest BCUT2D eigenvalue weighted by atomic mass is 16.5. The van der Waals surface area contributed by atoms with Crippen LogP contribution in [0.4, 0.5) is 0 Å². The molecule has 0 heterocycles. The predicted molar refractivity (Wildman–Crippen MR) is 99.4 cm³/mol. The van der Waals surface area contributed by atoms with Crippen LogP contribution in [-0.4, -0.2) is 48.9 Å². The Kier molecular flexibility index (Phi) is 8.41. The summed E-state index contributed by atoms with van der Waals surface area (Å²) in [6.45, 7) is 5.67. The number of hydrogen-bond donors (Lipinski definition) is 3. The molecule has 0 fully saturated rings. The number of benzene rings is 1. The van der Waals surface area contributed by atoms with Gasteiger partial charge in [0, 0.05) is 25.7 Å². The number of Topliss-reactive ketones (excluding diaryl/α,β-unsaturated/α-hetero) is 1. The third kappa shape index (κ3) is 7.76. The summed E-state index contributed by atoms with van der Waals surface area (Å²) in [6.07, 6.45) is 0.530. The Balaban J connectivity index is 2.89. The van der Waals surface area contributed by atoms with Gasteiger partial charge in [0.15, 0.2) is 0 Å². The van der Waals surface area contributed by atoms with Gasteiger partial charge in [-0.2, -0.15) is 0 Å². The molecule has 1 aromatic rings. The maximum absolute atomic E-state index is 12.6. The number of nitrogens with two attached hydrogens (primary N) is 1. The molecular weight excluding hydrogens is 334 g/mol. The van der Waals surface area contributed by atoms with Gasteiger partial charge < -0.3 is 21.1 Å². The van der Waals surface area contributed by atoms with Crippen LogP contribution in [0.1, 0.15) is 32.8 Å². The Hall–Kier alpha value is -2.25. The van der Waals surface area contributed by atoms with E-state index in [1.165, 1.54) is 7.11 Å². The summed E-state index contributed by atoms with van der Waals surface area (Å²) >= 11 is 0. The molecule has 2 unspecified atom stereocenters. The predicted octanol–water partition coefficient (Wildman–Crippen LogP) is 0.562. The molecule has 26 heavy (non-hydrogen) atoms. The van der Waals surface area contributed by atoms with Gasteiger partial charge in [0.05, 0.1) is 6.04 Å². The first-order chi connectivity index (χ1) is 12.1. The van der Waals surface area contributed by atoms with Crippen molar-refractivity contribution in [1.82, 2.24) is 10.6 Å². The molecule has 1 aromatic carbocycles. The number of nitrogens with one attached hydrogen (secondary N) is 2. The maximum Gasteiger partial charge on any atom is 0.290 e. The van der Waals surface area contributed by atoms with E-state index in [0.29, 0.717) is 13.0 Å². The fourth-order valence-electron chi connectivity index (χ4n) is 2.27. The largest absolute Gasteiger partial charge is 0.385 e. The zero-order valence-corrected chi connectivity index (χ0v) is 15.9. The lowest BCUT2D eigenvalue weighted by molar-refractivity contribution is -0.141. The molecule has 7 nitrogen and oxygen atoms in total. The van der Waals surface area contributed by atoms with Crippen LogP contribution in [0.15, 0.2) is 30.3 Å². The molecule has 144 valence electrons. The minimum Gasteiger partial charge on any atom is -0.385 e. The fourth-order valence-corrected chi connectivity index (χ4v) is 2.27. The van der Waals surface area contributed by atoms with Gasteiger partial charge in [0.2, 0.25) is 11.7 Å². The smallest absolute Gasteiger partial charge is 0.290 e. The normalized spacial score (nSPS) is 13.6. The molecule has 0 radical (unpaired) electrons. The van der Waals surface area contributed by atoms with E-state index in [1.54, 1.807) is 20.8 Å². The Labute approximate surface area is 154 Å². The first-order valence-corrected chi connectivity index (χ1v) is 8.59. The molecule has 7 heteroatoms. The maximum atomic E-state index is 12.6. The lowest BCUT2D eigenvalue weighted by atomic mass is 10.00. The molecule has 0 aliphatic rings. The molecule has 0 aliphatic heterocycles. The van der Waals surface area contributed by atoms with Crippen molar-refractivity contribution in [3.05, 3.63) is 35.9 Å². The van der Waals surface area contributed by atoms with Crippen LogP contribution in [0.5, 0.6) is 0 Å². The number of ether oxygens (including phenoxy) is 1. The summed E-state index contributed by atoms with van der Waals surface area (Å²) in [4.78, 5) is 37.1. The molecule has 0 saturated carbocycles. The van der Waals surface area contributed by atoms with Crippen molar-refractivity contribution in [1.29, 1.82) is 0 Å². The van der Waals surface area contributed by atoms with Crippen molar-refractivity contribution in [2.24, 2.45) is 5.73 Å². The van der Waals surface area contributed by atoms with Gasteiger partial charge in [-0.15, -0.1) is 0 Å². The Morgan fingerprint density at radius 2 is 1.77 bits per heavy atom. The van der Waals surface area contributed by atoms with Crippen LogP contribution in [0.25, 0.3) is 0 Å². The monoisotopic (exact) mass is 363 g/mol. The van der Waals surface area contributed by atoms with Crippen molar-refractivity contribution in [3.8, 4) is 0 Å². The second-order valence-corrected chi connectivity index (χ2v) is 7.21. The van der Waals surface area contributed by atoms with E-state index in [-0.39, 0.29) is 6.42 Å². The molecule has 0 saturated heterocycles. The van der Waals surface area contributed by atoms with Gasteiger partial charge in [0.1, 0.15) is 6.04 Å². The van der Waals surface area contributed by atoms with Crippen LogP contribution in [0, 0.1) is 0 Å². The summed E-state index contributed by atoms with van der Waals surface area (Å²) in [5, 5.41) is 5.24. The van der Waals surface area contributed by atoms with Crippen LogP contribution < -0.4 is 16.4 Å². The van der Waals surface area contributed by atoms with E-state index in [0.717, 1.165) is 5.56 Å². The first-order valence-electron chi connectivity index (χ1n) is 8.59. The van der Waals surface area contributed by atoms with E-state index < -0.39 is 35.2 Å². The van der Waals surface area contributed by atoms with E-state index in [9.17, 15) is 14.4 Å². The lowest BCUT2D eigenvalue weighted by Gasteiger charge is -2.23. The average molecular weight is 363 g/mol. The topological polar surface area (TPSA) is 111 Å². The molecule has 0 aliphatic carbocycles. The molecule has 2 atom stereocenters. The fraction of sp³-hybridized carbons (Fsp3) is 0.526. The molecule has 0 aromatic heterocycles. The van der Waals surface area contributed by atoms with E-state index in [1.807, 2.05) is 30.3 Å². The molecular formula is C19H29N3O4. The summed E-state index contributed by atoms with van der Waals surface area (Å²) in [5.41, 5.74) is 6.10. The highest BCUT2D eigenvalue weighted by Gasteiger charge is 2.30. The highest BCUT2D eigenvalue weighted by molar-refractivity contribution is 6.38. The molecule has 2 amide bonds. The summed E-state index contributed by atoms with van der Waals surface area (Å²) in [7, 11) is 1.52. The van der Waals surface area contributed by atoms with Crippen molar-refractivity contribution in [2.45, 2.75) is 51.2 Å². The first kappa shape index (κ1) is 21.8. The minimum atomic E-state index is -0.985. The van der Waals surface area contributed by atoms with E-state index in [4.69, 9.17) is 10.5 Å². The van der Waals surface area contributed by atoms with Gasteiger partial charge in [-0.1, -0.05) is 30.3 Å². The Bertz CT molecular complexity index is 611. The SMILES string of the molecule is COCCC(N)C(=O)NC(Cc1ccccc1)C(=O)C(=O)NC(C)(C)C. The van der Waals surface area contributed by atoms with Crippen LogP contribution in [-0.2, 0) is 25.5 Å². The highest BCUT2D eigenvalue weighted by Crippen LogP contribution is 2.07. The van der Waals surface area contributed by atoms with Crippen LogP contribution in [0.2, 0.25) is 0 Å². The summed E-state index contributed by atoms with van der Waals surface area (Å²) in [6, 6.07) is 7.38. The number of hydrogen-bond acceptors (Lipinski definition) is 5. The second-order valence-electron chi connectivity index (χ2n) is 7.21. The van der Waals surface area contributed by atoms with Gasteiger partial charge in [0.25, 0.3) is 5.91 Å². The zero-order chi connectivity index (χ0) is 19.7. The Morgan fingerprint density at radius 1 is 1.15 bits per heavy atom.